The topological polar surface area (TPSA) is 79.5 Å². The minimum atomic E-state index is -0.361. The van der Waals surface area contributed by atoms with Crippen LogP contribution in [0, 0.1) is 36.5 Å². The van der Waals surface area contributed by atoms with Crippen LogP contribution in [0.3, 0.4) is 0 Å². The van der Waals surface area contributed by atoms with E-state index in [2.05, 4.69) is 24.0 Å². The first-order valence-electron chi connectivity index (χ1n) is 14.2. The molecule has 212 valence electrons. The summed E-state index contributed by atoms with van der Waals surface area (Å²) < 4.78 is 6.48. The number of nitrogens with one attached hydrogen (secondary N) is 1. The fourth-order valence-electron chi connectivity index (χ4n) is 8.02. The molecule has 6 nitrogen and oxygen atoms in total. The number of aromatic amines is 1. The van der Waals surface area contributed by atoms with E-state index in [9.17, 15) is 14.4 Å². The number of halogens is 1. The van der Waals surface area contributed by atoms with E-state index in [1.165, 1.54) is 16.2 Å². The summed E-state index contributed by atoms with van der Waals surface area (Å²) in [5.41, 5.74) is 3.82. The summed E-state index contributed by atoms with van der Waals surface area (Å²) in [6.07, 6.45) is 0.827. The zero-order valence-corrected chi connectivity index (χ0v) is 25.0. The number of amides is 2. The number of aryl methyl sites for hydroxylation is 1. The van der Waals surface area contributed by atoms with Crippen LogP contribution in [0.15, 0.2) is 82.6 Å². The Labute approximate surface area is 256 Å². The summed E-state index contributed by atoms with van der Waals surface area (Å²) in [7, 11) is 0. The van der Waals surface area contributed by atoms with Crippen molar-refractivity contribution >= 4 is 52.2 Å². The number of carbonyl (C=O) groups is 2. The van der Waals surface area contributed by atoms with Gasteiger partial charge < -0.3 is 9.72 Å². The van der Waals surface area contributed by atoms with E-state index in [0.29, 0.717) is 17.3 Å². The van der Waals surface area contributed by atoms with Crippen LogP contribution in [-0.4, -0.2) is 22.0 Å². The third kappa shape index (κ3) is 3.88. The number of H-pyrrole nitrogens is 1. The van der Waals surface area contributed by atoms with Crippen LogP contribution >= 0.6 is 34.7 Å². The van der Waals surface area contributed by atoms with Crippen LogP contribution in [-0.2, 0) is 16.2 Å². The molecule has 4 aliphatic rings. The summed E-state index contributed by atoms with van der Waals surface area (Å²) in [4.78, 5) is 45.8. The number of imide groups is 1. The van der Waals surface area contributed by atoms with Gasteiger partial charge in [-0.05, 0) is 72.6 Å². The molecule has 1 saturated heterocycles. The molecule has 7 atom stereocenters. The minimum Gasteiger partial charge on any atom is -0.489 e. The molecule has 2 aliphatic carbocycles. The molecule has 3 aromatic carbocycles. The Morgan fingerprint density at radius 1 is 0.952 bits per heavy atom. The van der Waals surface area contributed by atoms with Gasteiger partial charge >= 0.3 is 4.87 Å². The average Bonchev–Trinajstić information content (AvgIpc) is 3.72. The van der Waals surface area contributed by atoms with E-state index in [0.717, 1.165) is 38.8 Å². The van der Waals surface area contributed by atoms with Crippen LogP contribution in [0.25, 0.3) is 0 Å². The number of hydrogen-bond donors (Lipinski definition) is 1. The highest BCUT2D eigenvalue weighted by Crippen LogP contribution is 2.69. The quantitative estimate of drug-likeness (QED) is 0.255. The second-order valence-electron chi connectivity index (χ2n) is 11.7. The van der Waals surface area contributed by atoms with Crippen molar-refractivity contribution in [1.82, 2.24) is 4.98 Å². The van der Waals surface area contributed by atoms with Crippen LogP contribution in [0.2, 0.25) is 5.02 Å². The molecule has 1 aromatic heterocycles. The standard InChI is InChI=1S/C33H27ClN2O4S2/c1-16-7-5-6-8-17(16)15-40-23-12-11-18(34)13-20(23)24-25-21-14-22(28(25)41-30-29(24)42-33(39)35-30)27-26(21)31(37)36(32(27)38)19-9-3-2-4-10-19/h2-13,21-22,24-28H,14-15H2,1H3,(H,35,39)/t21?,22?,24-,25?,26?,27?,28?/m1/s1. The summed E-state index contributed by atoms with van der Waals surface area (Å²) >= 11 is 9.53. The monoisotopic (exact) mass is 614 g/mol. The summed E-state index contributed by atoms with van der Waals surface area (Å²) in [5.74, 6) is -0.201. The number of benzene rings is 3. The van der Waals surface area contributed by atoms with Gasteiger partial charge in [0.2, 0.25) is 11.8 Å². The molecule has 0 spiro atoms. The van der Waals surface area contributed by atoms with E-state index in [1.807, 2.05) is 60.7 Å². The maximum atomic E-state index is 14.0. The molecule has 4 aromatic rings. The van der Waals surface area contributed by atoms with Gasteiger partial charge in [-0.1, -0.05) is 65.4 Å². The van der Waals surface area contributed by atoms with E-state index in [-0.39, 0.29) is 57.4 Å². The molecule has 9 heteroatoms. The second-order valence-corrected chi connectivity index (χ2v) is 14.3. The number of rotatable bonds is 5. The van der Waals surface area contributed by atoms with E-state index < -0.39 is 0 Å². The van der Waals surface area contributed by atoms with Crippen LogP contribution < -0.4 is 14.5 Å². The molecule has 1 N–H and O–H groups in total. The maximum absolute atomic E-state index is 14.0. The fraction of sp³-hybridized carbons (Fsp3) is 0.303. The number of nitrogens with zero attached hydrogens (tertiary/aromatic N) is 1. The predicted molar refractivity (Wildman–Crippen MR) is 164 cm³/mol. The lowest BCUT2D eigenvalue weighted by Gasteiger charge is -2.43. The minimum absolute atomic E-state index is 0.0150. The summed E-state index contributed by atoms with van der Waals surface area (Å²) in [6.45, 7) is 2.47. The molecule has 3 heterocycles. The fourth-order valence-corrected chi connectivity index (χ4v) is 11.1. The van der Waals surface area contributed by atoms with Gasteiger partial charge in [0.05, 0.1) is 22.5 Å². The normalized spacial score (nSPS) is 29.0. The number of para-hydroxylation sites is 1. The van der Waals surface area contributed by atoms with Gasteiger partial charge in [0.15, 0.2) is 0 Å². The number of fused-ring (bicyclic) bond motifs is 9. The van der Waals surface area contributed by atoms with Crippen molar-refractivity contribution in [3.8, 4) is 5.75 Å². The SMILES string of the molecule is Cc1ccccc1COc1ccc(Cl)cc1[C@H]1c2sc(=O)[nH]c2SC2C3CC(C4C(=O)N(c5ccccc5)C(=O)C34)C21. The molecule has 8 rings (SSSR count). The van der Waals surface area contributed by atoms with Gasteiger partial charge in [-0.3, -0.25) is 19.3 Å². The maximum Gasteiger partial charge on any atom is 0.305 e. The highest BCUT2D eigenvalue weighted by Gasteiger charge is 2.69. The Bertz CT molecular complexity index is 1800. The van der Waals surface area contributed by atoms with Crippen molar-refractivity contribution in [3.63, 3.8) is 0 Å². The highest BCUT2D eigenvalue weighted by atomic mass is 35.5. The molecule has 2 amide bonds. The second kappa shape index (κ2) is 9.86. The number of hydrogen-bond acceptors (Lipinski definition) is 6. The number of carbonyl (C=O) groups excluding carboxylic acids is 2. The molecule has 0 radical (unpaired) electrons. The van der Waals surface area contributed by atoms with Crippen molar-refractivity contribution in [3.05, 3.63) is 109 Å². The van der Waals surface area contributed by atoms with Crippen molar-refractivity contribution in [1.29, 1.82) is 0 Å². The first-order valence-corrected chi connectivity index (χ1v) is 16.3. The number of thiazole rings is 1. The first kappa shape index (κ1) is 26.3. The third-order valence-electron chi connectivity index (χ3n) is 9.69. The first-order chi connectivity index (χ1) is 20.4. The molecule has 3 fully saturated rings. The molecular weight excluding hydrogens is 588 g/mol. The Morgan fingerprint density at radius 3 is 2.48 bits per heavy atom. The van der Waals surface area contributed by atoms with Gasteiger partial charge in [-0.15, -0.1) is 11.8 Å². The molecule has 2 bridgehead atoms. The zero-order chi connectivity index (χ0) is 28.7. The Balaban J connectivity index is 1.21. The Kier molecular flexibility index (Phi) is 6.18. The lowest BCUT2D eigenvalue weighted by Crippen LogP contribution is -2.42. The lowest BCUT2D eigenvalue weighted by molar-refractivity contribution is -0.123. The van der Waals surface area contributed by atoms with E-state index in [4.69, 9.17) is 16.3 Å². The summed E-state index contributed by atoms with van der Waals surface area (Å²) in [5, 5.41) is 1.55. The Morgan fingerprint density at radius 2 is 1.69 bits per heavy atom. The lowest BCUT2D eigenvalue weighted by atomic mass is 9.68. The highest BCUT2D eigenvalue weighted by molar-refractivity contribution is 8.00. The van der Waals surface area contributed by atoms with Crippen molar-refractivity contribution in [2.75, 3.05) is 4.90 Å². The number of anilines is 1. The molecule has 6 unspecified atom stereocenters. The predicted octanol–water partition coefficient (Wildman–Crippen LogP) is 6.66. The van der Waals surface area contributed by atoms with Gasteiger partial charge in [-0.2, -0.15) is 0 Å². The van der Waals surface area contributed by atoms with Crippen molar-refractivity contribution in [2.24, 2.45) is 29.6 Å². The largest absolute Gasteiger partial charge is 0.489 e. The van der Waals surface area contributed by atoms with Crippen LogP contribution in [0.4, 0.5) is 5.69 Å². The van der Waals surface area contributed by atoms with Crippen molar-refractivity contribution in [2.45, 2.75) is 36.1 Å². The van der Waals surface area contributed by atoms with Gasteiger partial charge in [0, 0.05) is 26.6 Å². The van der Waals surface area contributed by atoms with E-state index in [1.54, 1.807) is 11.8 Å². The number of aromatic nitrogens is 1. The zero-order valence-electron chi connectivity index (χ0n) is 22.7. The third-order valence-corrected chi connectivity index (χ3v) is 12.5. The molecule has 2 saturated carbocycles. The van der Waals surface area contributed by atoms with Crippen LogP contribution in [0.1, 0.15) is 33.9 Å². The number of ether oxygens (including phenoxy) is 1. The summed E-state index contributed by atoms with van der Waals surface area (Å²) in [6, 6.07) is 23.1. The average molecular weight is 615 g/mol. The number of thioether (sulfide) groups is 1. The van der Waals surface area contributed by atoms with Gasteiger partial charge in [0.25, 0.3) is 0 Å². The van der Waals surface area contributed by atoms with Gasteiger partial charge in [0.1, 0.15) is 12.4 Å². The van der Waals surface area contributed by atoms with E-state index >= 15 is 0 Å². The smallest absolute Gasteiger partial charge is 0.305 e. The Hall–Kier alpha value is -3.33. The molecule has 2 aliphatic heterocycles. The van der Waals surface area contributed by atoms with Crippen molar-refractivity contribution < 1.29 is 14.3 Å². The van der Waals surface area contributed by atoms with Gasteiger partial charge in [-0.25, -0.2) is 0 Å². The van der Waals surface area contributed by atoms with Crippen LogP contribution in [0.5, 0.6) is 5.75 Å². The molecule has 42 heavy (non-hydrogen) atoms. The molecular formula is C33H27ClN2O4S2.